The molecule has 0 amide bonds. The molecule has 0 saturated carbocycles. The molecule has 0 radical (unpaired) electrons. The summed E-state index contributed by atoms with van der Waals surface area (Å²) < 4.78 is 5.12. The van der Waals surface area contributed by atoms with Crippen molar-refractivity contribution in [3.8, 4) is 11.5 Å². The Morgan fingerprint density at radius 2 is 2.03 bits per heavy atom. The molecule has 30 heavy (non-hydrogen) atoms. The molecule has 1 aliphatic heterocycles. The van der Waals surface area contributed by atoms with E-state index in [1.54, 1.807) is 20.2 Å². The molecule has 1 aromatic carbocycles. The molecule has 164 valence electrons. The van der Waals surface area contributed by atoms with E-state index in [4.69, 9.17) is 4.74 Å². The zero-order valence-electron chi connectivity index (χ0n) is 17.9. The number of rotatable bonds is 6. The second kappa shape index (κ2) is 11.8. The molecule has 1 aromatic heterocycles. The average molecular weight is 525 g/mol. The summed E-state index contributed by atoms with van der Waals surface area (Å²) in [4.78, 5) is 11.3. The predicted molar refractivity (Wildman–Crippen MR) is 132 cm³/mol. The number of aromatic nitrogens is 1. The molecule has 3 N–H and O–H groups in total. The van der Waals surface area contributed by atoms with Gasteiger partial charge in [-0.05, 0) is 49.9 Å². The van der Waals surface area contributed by atoms with E-state index in [1.807, 2.05) is 25.1 Å². The summed E-state index contributed by atoms with van der Waals surface area (Å²) in [6, 6.07) is 11.9. The summed E-state index contributed by atoms with van der Waals surface area (Å²) >= 11 is 0. The van der Waals surface area contributed by atoms with Crippen molar-refractivity contribution >= 4 is 35.8 Å². The number of nitrogens with zero attached hydrogens (tertiary/aromatic N) is 3. The van der Waals surface area contributed by atoms with Crippen LogP contribution in [0.15, 0.2) is 41.4 Å². The molecule has 0 atom stereocenters. The van der Waals surface area contributed by atoms with Crippen LogP contribution in [0.2, 0.25) is 0 Å². The number of phenolic OH excluding ortho intramolecular Hbond substituents is 1. The number of aliphatic imine (C=N–C) groups is 1. The van der Waals surface area contributed by atoms with Gasteiger partial charge in [-0.3, -0.25) is 4.99 Å². The molecular formula is C22H32IN5O2. The van der Waals surface area contributed by atoms with E-state index in [0.29, 0.717) is 24.8 Å². The minimum Gasteiger partial charge on any atom is -0.508 e. The monoisotopic (exact) mass is 525 g/mol. The number of hydrogen-bond donors (Lipinski definition) is 3. The van der Waals surface area contributed by atoms with Crippen molar-refractivity contribution in [2.24, 2.45) is 4.99 Å². The van der Waals surface area contributed by atoms with E-state index < -0.39 is 0 Å². The lowest BCUT2D eigenvalue weighted by molar-refractivity contribution is 0.406. The maximum atomic E-state index is 10.1. The highest BCUT2D eigenvalue weighted by atomic mass is 127. The van der Waals surface area contributed by atoms with Gasteiger partial charge >= 0.3 is 0 Å². The van der Waals surface area contributed by atoms with Crippen molar-refractivity contribution in [2.45, 2.75) is 32.2 Å². The van der Waals surface area contributed by atoms with Gasteiger partial charge in [0.05, 0.1) is 7.11 Å². The molecule has 0 spiro atoms. The third-order valence-corrected chi connectivity index (χ3v) is 5.24. The van der Waals surface area contributed by atoms with Gasteiger partial charge in [0.15, 0.2) is 5.96 Å². The number of phenols is 1. The van der Waals surface area contributed by atoms with Crippen molar-refractivity contribution in [2.75, 3.05) is 38.7 Å². The minimum atomic E-state index is 0. The number of anilines is 1. The molecule has 0 aliphatic carbocycles. The molecule has 7 nitrogen and oxygen atoms in total. The van der Waals surface area contributed by atoms with Crippen LogP contribution < -0.4 is 20.3 Å². The highest BCUT2D eigenvalue weighted by Gasteiger charge is 2.21. The number of nitrogens with one attached hydrogen (secondary N) is 2. The van der Waals surface area contributed by atoms with E-state index in [9.17, 15) is 5.11 Å². The molecule has 2 heterocycles. The van der Waals surface area contributed by atoms with Crippen molar-refractivity contribution in [3.05, 3.63) is 47.7 Å². The fourth-order valence-electron chi connectivity index (χ4n) is 3.54. The van der Waals surface area contributed by atoms with Gasteiger partial charge in [0.25, 0.3) is 0 Å². The van der Waals surface area contributed by atoms with Crippen molar-refractivity contribution in [1.82, 2.24) is 15.6 Å². The highest BCUT2D eigenvalue weighted by molar-refractivity contribution is 14.0. The SMILES string of the molecule is CN=C(NCCc1ccc(OC)cc1O)NC1CCN(c2cccc(C)n2)CC1.I. The van der Waals surface area contributed by atoms with Gasteiger partial charge in [0.2, 0.25) is 0 Å². The standard InChI is InChI=1S/C22H31N5O2.HI/c1-16-5-4-6-21(25-16)27-13-10-18(11-14-27)26-22(23-2)24-12-9-17-7-8-19(29-3)15-20(17)28;/h4-8,15,18,28H,9-14H2,1-3H3,(H2,23,24,26);1H. The summed E-state index contributed by atoms with van der Waals surface area (Å²) in [5.74, 6) is 2.77. The van der Waals surface area contributed by atoms with E-state index in [-0.39, 0.29) is 29.7 Å². The summed E-state index contributed by atoms with van der Waals surface area (Å²) in [6.45, 7) is 4.67. The molecule has 2 aromatic rings. The Labute approximate surface area is 196 Å². The summed E-state index contributed by atoms with van der Waals surface area (Å²) in [7, 11) is 3.37. The van der Waals surface area contributed by atoms with Crippen molar-refractivity contribution < 1.29 is 9.84 Å². The fraction of sp³-hybridized carbons (Fsp3) is 0.455. The Morgan fingerprint density at radius 1 is 1.27 bits per heavy atom. The quantitative estimate of drug-likeness (QED) is 0.306. The van der Waals surface area contributed by atoms with Crippen LogP contribution in [0.4, 0.5) is 5.82 Å². The Kier molecular flexibility index (Phi) is 9.48. The minimum absolute atomic E-state index is 0. The topological polar surface area (TPSA) is 82.0 Å². The summed E-state index contributed by atoms with van der Waals surface area (Å²) in [5.41, 5.74) is 1.93. The Balaban J connectivity index is 0.00000320. The normalized spacial score (nSPS) is 14.8. The lowest BCUT2D eigenvalue weighted by Gasteiger charge is -2.34. The van der Waals surface area contributed by atoms with E-state index in [2.05, 4.69) is 37.6 Å². The third-order valence-electron chi connectivity index (χ3n) is 5.24. The first kappa shape index (κ1) is 24.0. The van der Waals surface area contributed by atoms with Crippen LogP contribution in [0.3, 0.4) is 0 Å². The second-order valence-corrected chi connectivity index (χ2v) is 7.29. The van der Waals surface area contributed by atoms with Gasteiger partial charge in [-0.2, -0.15) is 0 Å². The maximum Gasteiger partial charge on any atom is 0.191 e. The van der Waals surface area contributed by atoms with Gasteiger partial charge in [-0.25, -0.2) is 4.98 Å². The van der Waals surface area contributed by atoms with Crippen molar-refractivity contribution in [3.63, 3.8) is 0 Å². The van der Waals surface area contributed by atoms with Crippen LogP contribution in [-0.4, -0.2) is 55.9 Å². The highest BCUT2D eigenvalue weighted by Crippen LogP contribution is 2.23. The Bertz CT molecular complexity index is 838. The van der Waals surface area contributed by atoms with Crippen LogP contribution >= 0.6 is 24.0 Å². The Hall–Kier alpha value is -2.23. The van der Waals surface area contributed by atoms with Gasteiger partial charge in [0, 0.05) is 44.5 Å². The lowest BCUT2D eigenvalue weighted by atomic mass is 10.1. The van der Waals surface area contributed by atoms with Crippen LogP contribution in [-0.2, 0) is 6.42 Å². The van der Waals surface area contributed by atoms with Gasteiger partial charge in [-0.15, -0.1) is 24.0 Å². The number of methoxy groups -OCH3 is 1. The third kappa shape index (κ3) is 6.65. The number of guanidine groups is 1. The zero-order valence-corrected chi connectivity index (χ0v) is 20.2. The van der Waals surface area contributed by atoms with Crippen molar-refractivity contribution in [1.29, 1.82) is 0 Å². The molecular weight excluding hydrogens is 493 g/mol. The maximum absolute atomic E-state index is 10.1. The number of ether oxygens (including phenoxy) is 1. The lowest BCUT2D eigenvalue weighted by Crippen LogP contribution is -2.49. The number of halogens is 1. The van der Waals surface area contributed by atoms with Crippen LogP contribution in [0.5, 0.6) is 11.5 Å². The molecule has 3 rings (SSSR count). The van der Waals surface area contributed by atoms with Crippen LogP contribution in [0.1, 0.15) is 24.1 Å². The fourth-order valence-corrected chi connectivity index (χ4v) is 3.54. The smallest absolute Gasteiger partial charge is 0.191 e. The number of piperidine rings is 1. The van der Waals surface area contributed by atoms with Crippen LogP contribution in [0.25, 0.3) is 0 Å². The van der Waals surface area contributed by atoms with Gasteiger partial charge < -0.3 is 25.4 Å². The first-order chi connectivity index (χ1) is 14.1. The summed E-state index contributed by atoms with van der Waals surface area (Å²) in [5, 5.41) is 16.9. The number of aryl methyl sites for hydroxylation is 1. The van der Waals surface area contributed by atoms with E-state index in [1.165, 1.54) is 0 Å². The van der Waals surface area contributed by atoms with E-state index in [0.717, 1.165) is 49.0 Å². The zero-order chi connectivity index (χ0) is 20.6. The average Bonchev–Trinajstić information content (AvgIpc) is 2.74. The number of benzene rings is 1. The number of hydrogen-bond acceptors (Lipinski definition) is 5. The van der Waals surface area contributed by atoms with Gasteiger partial charge in [0.1, 0.15) is 17.3 Å². The predicted octanol–water partition coefficient (Wildman–Crippen LogP) is 3.10. The molecule has 1 saturated heterocycles. The molecule has 1 fully saturated rings. The molecule has 0 unspecified atom stereocenters. The second-order valence-electron chi connectivity index (χ2n) is 7.29. The Morgan fingerprint density at radius 3 is 2.67 bits per heavy atom. The molecule has 8 heteroatoms. The molecule has 1 aliphatic rings. The van der Waals surface area contributed by atoms with Gasteiger partial charge in [-0.1, -0.05) is 12.1 Å². The number of aromatic hydroxyl groups is 1. The number of pyridine rings is 1. The first-order valence-corrected chi connectivity index (χ1v) is 10.1. The summed E-state index contributed by atoms with van der Waals surface area (Å²) in [6.07, 6.45) is 2.78. The van der Waals surface area contributed by atoms with E-state index >= 15 is 0 Å². The first-order valence-electron chi connectivity index (χ1n) is 10.1. The molecule has 0 bridgehead atoms. The van der Waals surface area contributed by atoms with Crippen LogP contribution in [0, 0.1) is 6.92 Å². The largest absolute Gasteiger partial charge is 0.508 e.